The van der Waals surface area contributed by atoms with Crippen LogP contribution in [0.4, 0.5) is 0 Å². The summed E-state index contributed by atoms with van der Waals surface area (Å²) in [5, 5.41) is 0. The van der Waals surface area contributed by atoms with Crippen LogP contribution in [-0.4, -0.2) is 4.57 Å². The number of imidazole rings is 1. The number of hydrogen-bond acceptors (Lipinski definition) is 0. The van der Waals surface area contributed by atoms with Crippen LogP contribution in [0.3, 0.4) is 0 Å². The minimum absolute atomic E-state index is 0.907. The Morgan fingerprint density at radius 2 is 1.72 bits per heavy atom. The van der Waals surface area contributed by atoms with E-state index >= 15 is 0 Å². The zero-order valence-corrected chi connectivity index (χ0v) is 12.0. The van der Waals surface area contributed by atoms with Gasteiger partial charge in [-0.2, -0.15) is 0 Å². The van der Waals surface area contributed by atoms with Crippen LogP contribution in [0, 0.1) is 0 Å². The molecule has 0 fully saturated rings. The maximum absolute atomic E-state index is 3.75. The molecule has 0 N–H and O–H groups in total. The molecule has 102 valence electrons. The summed E-state index contributed by atoms with van der Waals surface area (Å²) < 4.78 is 4.44. The molecule has 0 bridgehead atoms. The molecule has 18 heavy (non-hydrogen) atoms. The summed E-state index contributed by atoms with van der Waals surface area (Å²) in [6.45, 7) is 8.08. The quantitative estimate of drug-likeness (QED) is 0.317. The van der Waals surface area contributed by atoms with E-state index in [-0.39, 0.29) is 0 Å². The Bertz CT molecular complexity index is 315. The van der Waals surface area contributed by atoms with Crippen LogP contribution < -0.4 is 4.57 Å². The number of rotatable bonds is 11. The van der Waals surface area contributed by atoms with Gasteiger partial charge >= 0.3 is 0 Å². The van der Waals surface area contributed by atoms with E-state index < -0.39 is 0 Å². The predicted molar refractivity (Wildman–Crippen MR) is 77.4 cm³/mol. The summed E-state index contributed by atoms with van der Waals surface area (Å²) in [5.74, 6) is 0. The molecular formula is C16H29N2+. The molecule has 0 unspecified atom stereocenters. The molecule has 0 aromatic carbocycles. The van der Waals surface area contributed by atoms with E-state index in [0.29, 0.717) is 0 Å². The van der Waals surface area contributed by atoms with Crippen LogP contribution in [-0.2, 0) is 13.1 Å². The Kier molecular flexibility index (Phi) is 8.28. The van der Waals surface area contributed by atoms with Gasteiger partial charge in [0.2, 0.25) is 6.33 Å². The maximum Gasteiger partial charge on any atom is 0.244 e. The highest BCUT2D eigenvalue weighted by Crippen LogP contribution is 2.08. The molecule has 0 radical (unpaired) electrons. The second-order valence-electron chi connectivity index (χ2n) is 5.11. The molecule has 0 aliphatic carbocycles. The molecule has 0 aliphatic rings. The van der Waals surface area contributed by atoms with E-state index in [0.717, 1.165) is 13.1 Å². The lowest BCUT2D eigenvalue weighted by Gasteiger charge is -2.00. The van der Waals surface area contributed by atoms with Crippen molar-refractivity contribution in [3.8, 4) is 0 Å². The second-order valence-corrected chi connectivity index (χ2v) is 5.11. The minimum atomic E-state index is 0.907. The standard InChI is InChI=1S/C16H29N2/c1-3-5-6-7-8-9-10-11-13-18-15-14-17(16-18)12-4-2/h4,14-16H,2-3,5-13H2,1H3/q+1. The summed E-state index contributed by atoms with van der Waals surface area (Å²) in [4.78, 5) is 0. The molecule has 2 heteroatoms. The lowest BCUT2D eigenvalue weighted by Crippen LogP contribution is -2.30. The van der Waals surface area contributed by atoms with Gasteiger partial charge in [-0.05, 0) is 12.8 Å². The van der Waals surface area contributed by atoms with Crippen molar-refractivity contribution < 1.29 is 4.57 Å². The lowest BCUT2D eigenvalue weighted by atomic mass is 10.1. The first kappa shape index (κ1) is 15.0. The number of hydrogen-bond donors (Lipinski definition) is 0. The number of aromatic nitrogens is 2. The van der Waals surface area contributed by atoms with Crippen LogP contribution >= 0.6 is 0 Å². The van der Waals surface area contributed by atoms with Crippen LogP contribution in [0.2, 0.25) is 0 Å². The van der Waals surface area contributed by atoms with Crippen molar-refractivity contribution in [3.05, 3.63) is 31.4 Å². The summed E-state index contributed by atoms with van der Waals surface area (Å²) >= 11 is 0. The van der Waals surface area contributed by atoms with Gasteiger partial charge in [0, 0.05) is 0 Å². The largest absolute Gasteiger partial charge is 0.244 e. The molecular weight excluding hydrogens is 220 g/mol. The van der Waals surface area contributed by atoms with Gasteiger partial charge in [0.15, 0.2) is 0 Å². The highest BCUT2D eigenvalue weighted by atomic mass is 15.1. The van der Waals surface area contributed by atoms with E-state index in [1.807, 2.05) is 6.08 Å². The van der Waals surface area contributed by atoms with Crippen molar-refractivity contribution in [1.29, 1.82) is 0 Å². The van der Waals surface area contributed by atoms with E-state index in [2.05, 4.69) is 41.4 Å². The number of aryl methyl sites for hydroxylation is 1. The number of unbranched alkanes of at least 4 members (excludes halogenated alkanes) is 7. The first-order chi connectivity index (χ1) is 8.86. The smallest absolute Gasteiger partial charge is 0.237 e. The molecule has 0 aliphatic heterocycles. The lowest BCUT2D eigenvalue weighted by molar-refractivity contribution is -0.696. The predicted octanol–water partition coefficient (Wildman–Crippen LogP) is 4.10. The Hall–Kier alpha value is -1.05. The van der Waals surface area contributed by atoms with Crippen LogP contribution in [0.25, 0.3) is 0 Å². The van der Waals surface area contributed by atoms with Crippen molar-refractivity contribution in [2.45, 2.75) is 71.4 Å². The SMILES string of the molecule is C=CCn1cc[n+](CCCCCCCCCC)c1. The zero-order chi connectivity index (χ0) is 13.1. The third-order valence-corrected chi connectivity index (χ3v) is 3.36. The normalized spacial score (nSPS) is 10.7. The van der Waals surface area contributed by atoms with Crippen molar-refractivity contribution in [2.75, 3.05) is 0 Å². The monoisotopic (exact) mass is 249 g/mol. The fourth-order valence-electron chi connectivity index (χ4n) is 2.26. The Morgan fingerprint density at radius 3 is 2.39 bits per heavy atom. The summed E-state index contributed by atoms with van der Waals surface area (Å²) in [6, 6.07) is 0. The summed E-state index contributed by atoms with van der Waals surface area (Å²) in [5.41, 5.74) is 0. The first-order valence-electron chi connectivity index (χ1n) is 7.52. The summed E-state index contributed by atoms with van der Waals surface area (Å²) in [7, 11) is 0. The minimum Gasteiger partial charge on any atom is -0.237 e. The third kappa shape index (κ3) is 6.63. The van der Waals surface area contributed by atoms with Gasteiger partial charge in [-0.15, -0.1) is 0 Å². The van der Waals surface area contributed by atoms with Crippen molar-refractivity contribution in [2.24, 2.45) is 0 Å². The molecule has 0 saturated heterocycles. The van der Waals surface area contributed by atoms with E-state index in [4.69, 9.17) is 0 Å². The highest BCUT2D eigenvalue weighted by molar-refractivity contribution is 4.73. The van der Waals surface area contributed by atoms with Crippen molar-refractivity contribution >= 4 is 0 Å². The molecule has 0 spiro atoms. The third-order valence-electron chi connectivity index (χ3n) is 3.36. The second kappa shape index (κ2) is 9.93. The van der Waals surface area contributed by atoms with Gasteiger partial charge in [-0.1, -0.05) is 58.1 Å². The topological polar surface area (TPSA) is 8.81 Å². The molecule has 1 rings (SSSR count). The fraction of sp³-hybridized carbons (Fsp3) is 0.688. The molecule has 0 atom stereocenters. The van der Waals surface area contributed by atoms with Crippen molar-refractivity contribution in [3.63, 3.8) is 0 Å². The van der Waals surface area contributed by atoms with Gasteiger partial charge in [0.1, 0.15) is 18.9 Å². The molecule has 1 heterocycles. The first-order valence-corrected chi connectivity index (χ1v) is 7.52. The number of nitrogens with zero attached hydrogens (tertiary/aromatic N) is 2. The Balaban J connectivity index is 1.98. The maximum atomic E-state index is 3.75. The van der Waals surface area contributed by atoms with Gasteiger partial charge in [0.25, 0.3) is 0 Å². The Morgan fingerprint density at radius 1 is 1.06 bits per heavy atom. The van der Waals surface area contributed by atoms with E-state index in [1.165, 1.54) is 51.4 Å². The highest BCUT2D eigenvalue weighted by Gasteiger charge is 2.01. The van der Waals surface area contributed by atoms with Gasteiger partial charge in [-0.25, -0.2) is 9.13 Å². The van der Waals surface area contributed by atoms with Crippen LogP contribution in [0.5, 0.6) is 0 Å². The van der Waals surface area contributed by atoms with Crippen LogP contribution in [0.15, 0.2) is 31.4 Å². The van der Waals surface area contributed by atoms with Gasteiger partial charge in [-0.3, -0.25) is 0 Å². The zero-order valence-electron chi connectivity index (χ0n) is 12.0. The molecule has 0 saturated carbocycles. The van der Waals surface area contributed by atoms with Gasteiger partial charge < -0.3 is 0 Å². The van der Waals surface area contributed by atoms with Crippen molar-refractivity contribution in [1.82, 2.24) is 4.57 Å². The fourth-order valence-corrected chi connectivity index (χ4v) is 2.26. The molecule has 1 aromatic rings. The van der Waals surface area contributed by atoms with Gasteiger partial charge in [0.05, 0.1) is 6.54 Å². The van der Waals surface area contributed by atoms with E-state index in [1.54, 1.807) is 0 Å². The molecule has 1 aromatic heterocycles. The average molecular weight is 249 g/mol. The number of allylic oxidation sites excluding steroid dienone is 1. The Labute approximate surface area is 112 Å². The summed E-state index contributed by atoms with van der Waals surface area (Å²) in [6.07, 6.45) is 19.5. The molecule has 2 nitrogen and oxygen atoms in total. The molecule has 0 amide bonds. The van der Waals surface area contributed by atoms with E-state index in [9.17, 15) is 0 Å². The van der Waals surface area contributed by atoms with Crippen LogP contribution in [0.1, 0.15) is 58.3 Å². The average Bonchev–Trinajstić information content (AvgIpc) is 2.81.